The normalized spacial score (nSPS) is 16.0. The number of nitrogens with zero attached hydrogens (tertiary/aromatic N) is 6. The molecule has 0 spiro atoms. The maximum Gasteiger partial charge on any atom is 0.181 e. The van der Waals surface area contributed by atoms with Crippen LogP contribution in [-0.4, -0.2) is 73.8 Å². The molecular formula is C25H31F2N7O2S. The third-order valence-electron chi connectivity index (χ3n) is 6.28. The van der Waals surface area contributed by atoms with E-state index in [2.05, 4.69) is 33.8 Å². The van der Waals surface area contributed by atoms with Crippen molar-refractivity contribution in [2.75, 3.05) is 37.7 Å². The van der Waals surface area contributed by atoms with E-state index < -0.39 is 17.2 Å². The molecule has 2 heterocycles. The van der Waals surface area contributed by atoms with Crippen molar-refractivity contribution in [3.8, 4) is 5.75 Å². The number of hydrogen-bond acceptors (Lipinski definition) is 7. The van der Waals surface area contributed by atoms with Crippen molar-refractivity contribution in [3.63, 3.8) is 0 Å². The largest absolute Gasteiger partial charge is 0.490 e. The molecule has 2 aromatic carbocycles. The Hall–Kier alpha value is -3.35. The molecule has 3 N–H and O–H groups in total. The van der Waals surface area contributed by atoms with E-state index in [1.165, 1.54) is 23.4 Å². The number of hydrogen-bond donors (Lipinski definition) is 2. The van der Waals surface area contributed by atoms with Crippen LogP contribution in [0.1, 0.15) is 19.4 Å². The Bertz CT molecular complexity index is 1190. The number of anilines is 1. The van der Waals surface area contributed by atoms with Crippen LogP contribution in [-0.2, 0) is 12.1 Å². The summed E-state index contributed by atoms with van der Waals surface area (Å²) in [5.41, 5.74) is 5.03. The summed E-state index contributed by atoms with van der Waals surface area (Å²) in [4.78, 5) is 6.12. The summed E-state index contributed by atoms with van der Waals surface area (Å²) in [5, 5.41) is 19.9. The van der Waals surface area contributed by atoms with Crippen LogP contribution in [0.25, 0.3) is 0 Å². The van der Waals surface area contributed by atoms with E-state index in [4.69, 9.17) is 22.7 Å². The Morgan fingerprint density at radius 2 is 1.86 bits per heavy atom. The molecule has 1 unspecified atom stereocenters. The Kier molecular flexibility index (Phi) is 8.20. The van der Waals surface area contributed by atoms with Gasteiger partial charge in [-0.25, -0.2) is 23.5 Å². The van der Waals surface area contributed by atoms with Crippen LogP contribution in [0.4, 0.5) is 14.5 Å². The van der Waals surface area contributed by atoms with Gasteiger partial charge in [0, 0.05) is 49.5 Å². The molecule has 3 aromatic rings. The smallest absolute Gasteiger partial charge is 0.181 e. The van der Waals surface area contributed by atoms with Crippen LogP contribution in [0, 0.1) is 11.6 Å². The van der Waals surface area contributed by atoms with E-state index in [0.717, 1.165) is 44.0 Å². The number of thiocarbonyl (C=S) groups is 1. The number of benzene rings is 2. The molecule has 1 fully saturated rings. The van der Waals surface area contributed by atoms with Crippen LogP contribution in [0.3, 0.4) is 0 Å². The lowest BCUT2D eigenvalue weighted by molar-refractivity contribution is -0.0297. The third kappa shape index (κ3) is 6.32. The molecule has 0 aliphatic carbocycles. The second-order valence-corrected chi connectivity index (χ2v) is 9.67. The van der Waals surface area contributed by atoms with Crippen LogP contribution >= 0.6 is 12.2 Å². The van der Waals surface area contributed by atoms with Gasteiger partial charge in [-0.05, 0) is 56.4 Å². The van der Waals surface area contributed by atoms with E-state index in [-0.39, 0.29) is 24.8 Å². The van der Waals surface area contributed by atoms with Gasteiger partial charge in [0.15, 0.2) is 5.11 Å². The minimum absolute atomic E-state index is 0.0914. The molecule has 9 nitrogen and oxygen atoms in total. The summed E-state index contributed by atoms with van der Waals surface area (Å²) in [6.07, 6.45) is 2.72. The predicted molar refractivity (Wildman–Crippen MR) is 140 cm³/mol. The molecule has 0 radical (unpaired) electrons. The quantitative estimate of drug-likeness (QED) is 0.404. The first kappa shape index (κ1) is 26.7. The molecular weight excluding hydrogens is 500 g/mol. The first-order valence-corrected chi connectivity index (χ1v) is 12.4. The van der Waals surface area contributed by atoms with Crippen molar-refractivity contribution in [2.24, 2.45) is 5.73 Å². The summed E-state index contributed by atoms with van der Waals surface area (Å²) < 4.78 is 35.3. The van der Waals surface area contributed by atoms with E-state index in [1.807, 2.05) is 17.1 Å². The van der Waals surface area contributed by atoms with Crippen molar-refractivity contribution in [1.29, 1.82) is 0 Å². The number of halogens is 2. The van der Waals surface area contributed by atoms with Gasteiger partial charge in [0.2, 0.25) is 0 Å². The SMILES string of the molecule is CC(C)N(C(N)=S)N1CCN(c2ccc(OCC(O)(Cn3cncn3)c3ccc(F)cc3F)cc2)CC1. The van der Waals surface area contributed by atoms with E-state index in [9.17, 15) is 13.9 Å². The lowest BCUT2D eigenvalue weighted by Gasteiger charge is -2.44. The molecule has 37 heavy (non-hydrogen) atoms. The van der Waals surface area contributed by atoms with Gasteiger partial charge in [0.05, 0.1) is 6.54 Å². The summed E-state index contributed by atoms with van der Waals surface area (Å²) in [6, 6.07) is 10.7. The number of aromatic nitrogens is 3. The maximum absolute atomic E-state index is 14.6. The van der Waals surface area contributed by atoms with E-state index in [1.54, 1.807) is 12.1 Å². The van der Waals surface area contributed by atoms with Crippen molar-refractivity contribution in [1.82, 2.24) is 24.8 Å². The van der Waals surface area contributed by atoms with Crippen molar-refractivity contribution in [3.05, 3.63) is 72.3 Å². The van der Waals surface area contributed by atoms with Gasteiger partial charge in [0.1, 0.15) is 42.2 Å². The average molecular weight is 532 g/mol. The molecule has 0 amide bonds. The molecule has 198 valence electrons. The number of ether oxygens (including phenoxy) is 1. The summed E-state index contributed by atoms with van der Waals surface area (Å²) >= 11 is 5.21. The maximum atomic E-state index is 14.6. The topological polar surface area (TPSA) is 95.9 Å². The van der Waals surface area contributed by atoms with Crippen LogP contribution in [0.5, 0.6) is 5.75 Å². The van der Waals surface area contributed by atoms with Crippen molar-refractivity contribution in [2.45, 2.75) is 32.0 Å². The number of piperazine rings is 1. The lowest BCUT2D eigenvalue weighted by atomic mass is 9.94. The Morgan fingerprint density at radius 1 is 1.16 bits per heavy atom. The zero-order chi connectivity index (χ0) is 26.6. The fourth-order valence-electron chi connectivity index (χ4n) is 4.50. The highest BCUT2D eigenvalue weighted by molar-refractivity contribution is 7.80. The predicted octanol–water partition coefficient (Wildman–Crippen LogP) is 2.51. The highest BCUT2D eigenvalue weighted by Crippen LogP contribution is 2.29. The number of aliphatic hydroxyl groups is 1. The zero-order valence-corrected chi connectivity index (χ0v) is 21.6. The molecule has 0 saturated carbocycles. The number of nitrogens with two attached hydrogens (primary N) is 1. The molecule has 1 aliphatic rings. The minimum Gasteiger partial charge on any atom is -0.490 e. The Balaban J connectivity index is 1.42. The van der Waals surface area contributed by atoms with Gasteiger partial charge in [0.25, 0.3) is 0 Å². The van der Waals surface area contributed by atoms with Gasteiger partial charge in [-0.15, -0.1) is 0 Å². The highest BCUT2D eigenvalue weighted by Gasteiger charge is 2.35. The molecule has 1 aromatic heterocycles. The first-order valence-electron chi connectivity index (χ1n) is 12.0. The number of hydrazine groups is 1. The first-order chi connectivity index (χ1) is 17.7. The van der Waals surface area contributed by atoms with Gasteiger partial charge in [-0.2, -0.15) is 5.10 Å². The van der Waals surface area contributed by atoms with Crippen molar-refractivity contribution < 1.29 is 18.6 Å². The van der Waals surface area contributed by atoms with Crippen LogP contribution in [0.15, 0.2) is 55.1 Å². The van der Waals surface area contributed by atoms with E-state index >= 15 is 0 Å². The molecule has 12 heteroatoms. The summed E-state index contributed by atoms with van der Waals surface area (Å²) in [6.45, 7) is 6.87. The molecule has 1 saturated heterocycles. The van der Waals surface area contributed by atoms with E-state index in [0.29, 0.717) is 10.9 Å². The van der Waals surface area contributed by atoms with Gasteiger partial charge in [-0.3, -0.25) is 5.01 Å². The number of rotatable bonds is 9. The van der Waals surface area contributed by atoms with Gasteiger partial charge < -0.3 is 20.5 Å². The molecule has 1 aliphatic heterocycles. The minimum atomic E-state index is -1.81. The highest BCUT2D eigenvalue weighted by atomic mass is 32.1. The zero-order valence-electron chi connectivity index (χ0n) is 20.8. The van der Waals surface area contributed by atoms with Gasteiger partial charge >= 0.3 is 0 Å². The Morgan fingerprint density at radius 3 is 2.43 bits per heavy atom. The summed E-state index contributed by atoms with van der Waals surface area (Å²) in [7, 11) is 0. The molecule has 1 atom stereocenters. The lowest BCUT2D eigenvalue weighted by Crippen LogP contribution is -2.59. The standard InChI is InChI=1S/C25H31F2N7O2S/c1-18(2)34(24(28)37)33-11-9-31(10-12-33)20-4-6-21(7-5-20)36-15-25(35,14-32-17-29-16-30-32)22-8-3-19(26)13-23(22)27/h3-8,13,16-18,35H,9-12,14-15H2,1-2H3,(H2,28,37). The third-order valence-corrected chi connectivity index (χ3v) is 6.46. The molecule has 4 rings (SSSR count). The summed E-state index contributed by atoms with van der Waals surface area (Å²) in [5.74, 6) is -1.10. The Labute approximate surface area is 220 Å². The van der Waals surface area contributed by atoms with Crippen LogP contribution in [0.2, 0.25) is 0 Å². The second kappa shape index (κ2) is 11.4. The van der Waals surface area contributed by atoms with Crippen LogP contribution < -0.4 is 15.4 Å². The average Bonchev–Trinajstić information content (AvgIpc) is 3.36. The van der Waals surface area contributed by atoms with Gasteiger partial charge in [-0.1, -0.05) is 6.07 Å². The monoisotopic (exact) mass is 531 g/mol. The second-order valence-electron chi connectivity index (χ2n) is 9.25. The molecule has 0 bridgehead atoms. The fourth-order valence-corrected chi connectivity index (χ4v) is 4.83. The fraction of sp³-hybridized carbons (Fsp3) is 0.400. The van der Waals surface area contributed by atoms with Crippen molar-refractivity contribution >= 4 is 23.0 Å².